The Morgan fingerprint density at radius 2 is 1.57 bits per heavy atom. The minimum atomic E-state index is -0.322. The molecule has 0 bridgehead atoms. The Kier molecular flexibility index (Phi) is 6.06. The maximum atomic E-state index is 13.5. The van der Waals surface area contributed by atoms with Gasteiger partial charge in [-0.3, -0.25) is 9.59 Å². The van der Waals surface area contributed by atoms with E-state index in [0.717, 1.165) is 18.4 Å². The molecule has 7 nitrogen and oxygen atoms in total. The van der Waals surface area contributed by atoms with Gasteiger partial charge in [0.2, 0.25) is 0 Å². The number of hydrogen-bond donors (Lipinski definition) is 2. The first-order chi connectivity index (χ1) is 17.1. The van der Waals surface area contributed by atoms with E-state index in [-0.39, 0.29) is 17.9 Å². The predicted octanol–water partition coefficient (Wildman–Crippen LogP) is 5.06. The van der Waals surface area contributed by atoms with Crippen molar-refractivity contribution < 1.29 is 19.1 Å². The van der Waals surface area contributed by atoms with Gasteiger partial charge in [-0.15, -0.1) is 0 Å². The number of fused-ring (bicyclic) bond motifs is 1. The van der Waals surface area contributed by atoms with Crippen molar-refractivity contribution in [2.45, 2.75) is 18.9 Å². The van der Waals surface area contributed by atoms with Crippen molar-refractivity contribution in [2.24, 2.45) is 0 Å². The van der Waals surface area contributed by atoms with Crippen molar-refractivity contribution in [1.82, 2.24) is 10.3 Å². The minimum absolute atomic E-state index is 0.186. The van der Waals surface area contributed by atoms with E-state index in [9.17, 15) is 9.59 Å². The van der Waals surface area contributed by atoms with Crippen molar-refractivity contribution >= 4 is 28.4 Å². The molecule has 0 saturated heterocycles. The Morgan fingerprint density at radius 3 is 2.34 bits per heavy atom. The lowest BCUT2D eigenvalue weighted by Gasteiger charge is -2.14. The van der Waals surface area contributed by atoms with E-state index in [1.165, 1.54) is 0 Å². The first-order valence-electron chi connectivity index (χ1n) is 11.4. The smallest absolute Gasteiger partial charge is 0.256 e. The maximum Gasteiger partial charge on any atom is 0.256 e. The molecular formula is C28H25N3O4. The molecule has 4 aromatic rings. The maximum absolute atomic E-state index is 13.5. The molecule has 1 fully saturated rings. The molecule has 3 aromatic carbocycles. The summed E-state index contributed by atoms with van der Waals surface area (Å²) in [6, 6.07) is 22.0. The molecule has 7 heteroatoms. The zero-order valence-corrected chi connectivity index (χ0v) is 19.5. The summed E-state index contributed by atoms with van der Waals surface area (Å²) in [5.41, 5.74) is 3.44. The SMILES string of the molecule is COc1ccc(-c2cc(C(=O)Nc3ccccc3C(=O)NC3CC3)c3ccccc3n2)cc1OC. The number of ether oxygens (including phenoxy) is 2. The lowest BCUT2D eigenvalue weighted by atomic mass is 10.0. The molecule has 2 N–H and O–H groups in total. The fourth-order valence-corrected chi connectivity index (χ4v) is 3.98. The predicted molar refractivity (Wildman–Crippen MR) is 135 cm³/mol. The summed E-state index contributed by atoms with van der Waals surface area (Å²) < 4.78 is 10.8. The Morgan fingerprint density at radius 1 is 0.829 bits per heavy atom. The van der Waals surface area contributed by atoms with Crippen LogP contribution >= 0.6 is 0 Å². The van der Waals surface area contributed by atoms with E-state index in [4.69, 9.17) is 14.5 Å². The van der Waals surface area contributed by atoms with Crippen LogP contribution in [0.5, 0.6) is 11.5 Å². The molecule has 2 amide bonds. The average Bonchev–Trinajstić information content (AvgIpc) is 3.71. The minimum Gasteiger partial charge on any atom is -0.493 e. The summed E-state index contributed by atoms with van der Waals surface area (Å²) in [6.07, 6.45) is 1.98. The summed E-state index contributed by atoms with van der Waals surface area (Å²) in [4.78, 5) is 31.0. The average molecular weight is 468 g/mol. The fraction of sp³-hybridized carbons (Fsp3) is 0.179. The molecule has 0 aliphatic heterocycles. The number of benzene rings is 3. The van der Waals surface area contributed by atoms with E-state index in [0.29, 0.717) is 44.9 Å². The normalized spacial score (nSPS) is 12.7. The van der Waals surface area contributed by atoms with Gasteiger partial charge in [-0.25, -0.2) is 4.98 Å². The fourth-order valence-electron chi connectivity index (χ4n) is 3.98. The quantitative estimate of drug-likeness (QED) is 0.396. The molecule has 1 aromatic heterocycles. The van der Waals surface area contributed by atoms with Crippen LogP contribution in [0.2, 0.25) is 0 Å². The van der Waals surface area contributed by atoms with Crippen LogP contribution in [-0.4, -0.2) is 37.1 Å². The molecule has 0 radical (unpaired) electrons. The highest BCUT2D eigenvalue weighted by Gasteiger charge is 2.25. The largest absolute Gasteiger partial charge is 0.493 e. The Labute approximate surface area is 203 Å². The topological polar surface area (TPSA) is 89.5 Å². The molecule has 35 heavy (non-hydrogen) atoms. The summed E-state index contributed by atoms with van der Waals surface area (Å²) in [5, 5.41) is 6.64. The van der Waals surface area contributed by atoms with Gasteiger partial charge in [-0.1, -0.05) is 30.3 Å². The first kappa shape index (κ1) is 22.4. The van der Waals surface area contributed by atoms with Crippen LogP contribution in [0.1, 0.15) is 33.6 Å². The van der Waals surface area contributed by atoms with E-state index < -0.39 is 0 Å². The van der Waals surface area contributed by atoms with Gasteiger partial charge in [-0.2, -0.15) is 0 Å². The third-order valence-electron chi connectivity index (χ3n) is 5.97. The number of nitrogens with zero attached hydrogens (tertiary/aromatic N) is 1. The molecule has 1 aliphatic rings. The summed E-state index contributed by atoms with van der Waals surface area (Å²) in [6.45, 7) is 0. The number of carbonyl (C=O) groups is 2. The third-order valence-corrected chi connectivity index (χ3v) is 5.97. The standard InChI is InChI=1S/C28H25N3O4/c1-34-25-14-11-17(15-26(25)35-2)24-16-21(19-7-3-5-9-22(19)30-24)28(33)31-23-10-6-4-8-20(23)27(32)29-18-12-13-18/h3-11,14-16,18H,12-13H2,1-2H3,(H,29,32)(H,31,33). The molecule has 176 valence electrons. The van der Waals surface area contributed by atoms with E-state index in [1.54, 1.807) is 50.6 Å². The molecule has 0 unspecified atom stereocenters. The number of nitrogens with one attached hydrogen (secondary N) is 2. The second-order valence-electron chi connectivity index (χ2n) is 8.39. The number of amides is 2. The van der Waals surface area contributed by atoms with E-state index in [1.807, 2.05) is 36.4 Å². The molecule has 0 atom stereocenters. The van der Waals surface area contributed by atoms with E-state index >= 15 is 0 Å². The highest BCUT2D eigenvalue weighted by Crippen LogP contribution is 2.33. The molecule has 5 rings (SSSR count). The number of anilines is 1. The second-order valence-corrected chi connectivity index (χ2v) is 8.39. The Balaban J connectivity index is 1.53. The van der Waals surface area contributed by atoms with Crippen LogP contribution in [0.3, 0.4) is 0 Å². The first-order valence-corrected chi connectivity index (χ1v) is 11.4. The van der Waals surface area contributed by atoms with Crippen molar-refractivity contribution in [3.05, 3.63) is 83.9 Å². The number of para-hydroxylation sites is 2. The number of hydrogen-bond acceptors (Lipinski definition) is 5. The number of methoxy groups -OCH3 is 2. The highest BCUT2D eigenvalue weighted by molar-refractivity contribution is 6.15. The lowest BCUT2D eigenvalue weighted by molar-refractivity contribution is 0.0952. The molecular weight excluding hydrogens is 442 g/mol. The summed E-state index contributed by atoms with van der Waals surface area (Å²) >= 11 is 0. The van der Waals surface area contributed by atoms with Crippen molar-refractivity contribution in [2.75, 3.05) is 19.5 Å². The van der Waals surface area contributed by atoms with Crippen molar-refractivity contribution in [3.63, 3.8) is 0 Å². The molecule has 1 heterocycles. The van der Waals surface area contributed by atoms with Gasteiger partial charge in [0.05, 0.1) is 42.2 Å². The number of aromatic nitrogens is 1. The molecule has 1 saturated carbocycles. The van der Waals surface area contributed by atoms with Gasteiger partial charge < -0.3 is 20.1 Å². The van der Waals surface area contributed by atoms with Crippen LogP contribution in [0, 0.1) is 0 Å². The van der Waals surface area contributed by atoms with E-state index in [2.05, 4.69) is 10.6 Å². The van der Waals surface area contributed by atoms with Gasteiger partial charge in [-0.05, 0) is 55.3 Å². The van der Waals surface area contributed by atoms with Crippen LogP contribution < -0.4 is 20.1 Å². The van der Waals surface area contributed by atoms with Gasteiger partial charge in [0.1, 0.15) is 0 Å². The number of pyridine rings is 1. The highest BCUT2D eigenvalue weighted by atomic mass is 16.5. The number of rotatable bonds is 7. The van der Waals surface area contributed by atoms with Gasteiger partial charge in [0.15, 0.2) is 11.5 Å². The second kappa shape index (κ2) is 9.46. The van der Waals surface area contributed by atoms with Gasteiger partial charge in [0, 0.05) is 17.0 Å². The van der Waals surface area contributed by atoms with Crippen LogP contribution in [-0.2, 0) is 0 Å². The molecule has 0 spiro atoms. The third kappa shape index (κ3) is 4.66. The van der Waals surface area contributed by atoms with Crippen LogP contribution in [0.15, 0.2) is 72.8 Å². The van der Waals surface area contributed by atoms with Gasteiger partial charge >= 0.3 is 0 Å². The Hall–Kier alpha value is -4.39. The van der Waals surface area contributed by atoms with Gasteiger partial charge in [0.25, 0.3) is 11.8 Å². The van der Waals surface area contributed by atoms with Crippen LogP contribution in [0.4, 0.5) is 5.69 Å². The zero-order valence-electron chi connectivity index (χ0n) is 19.5. The van der Waals surface area contributed by atoms with Crippen molar-refractivity contribution in [3.8, 4) is 22.8 Å². The Bertz CT molecular complexity index is 1430. The monoisotopic (exact) mass is 467 g/mol. The summed E-state index contributed by atoms with van der Waals surface area (Å²) in [7, 11) is 3.15. The van der Waals surface area contributed by atoms with Crippen molar-refractivity contribution in [1.29, 1.82) is 0 Å². The number of carbonyl (C=O) groups excluding carboxylic acids is 2. The summed E-state index contributed by atoms with van der Waals surface area (Å²) in [5.74, 6) is 0.670. The lowest BCUT2D eigenvalue weighted by Crippen LogP contribution is -2.27. The zero-order chi connectivity index (χ0) is 24.4. The molecule has 1 aliphatic carbocycles. The van der Waals surface area contributed by atoms with Crippen LogP contribution in [0.25, 0.3) is 22.2 Å².